The molecule has 7 heteroatoms. The largest absolute Gasteiger partial charge is 0.468 e. The lowest BCUT2D eigenvalue weighted by Gasteiger charge is -2.14. The average Bonchev–Trinajstić information content (AvgIpc) is 2.91. The second-order valence-corrected chi connectivity index (χ2v) is 4.65. The molecular weight excluding hydrogens is 280 g/mol. The molecule has 1 aliphatic rings. The highest BCUT2D eigenvalue weighted by molar-refractivity contribution is 7.80. The molecule has 6 nitrogen and oxygen atoms in total. The normalized spacial score (nSPS) is 17.2. The molecule has 20 heavy (non-hydrogen) atoms. The van der Waals surface area contributed by atoms with Crippen LogP contribution in [0.15, 0.2) is 22.2 Å². The Morgan fingerprint density at radius 3 is 2.75 bits per heavy atom. The van der Waals surface area contributed by atoms with Crippen LogP contribution in [0.3, 0.4) is 0 Å². The van der Waals surface area contributed by atoms with E-state index in [-0.39, 0.29) is 17.6 Å². The zero-order valence-electron chi connectivity index (χ0n) is 11.4. The summed E-state index contributed by atoms with van der Waals surface area (Å²) in [6.45, 7) is 1.61. The van der Waals surface area contributed by atoms with Gasteiger partial charge in [0.05, 0.1) is 7.11 Å². The SMILES string of the molecule is COC(=O)CN1C(=O)/C(=C/c2ccc(C)o2)N(C)C1=S. The summed E-state index contributed by atoms with van der Waals surface area (Å²) in [5, 5.41) is 0.259. The maximum Gasteiger partial charge on any atom is 0.325 e. The monoisotopic (exact) mass is 294 g/mol. The first-order chi connectivity index (χ1) is 9.43. The summed E-state index contributed by atoms with van der Waals surface area (Å²) in [6, 6.07) is 3.56. The number of carbonyl (C=O) groups is 2. The van der Waals surface area contributed by atoms with Gasteiger partial charge in [-0.3, -0.25) is 14.5 Å². The Labute approximate surface area is 121 Å². The zero-order chi connectivity index (χ0) is 14.9. The van der Waals surface area contributed by atoms with Crippen molar-refractivity contribution in [1.82, 2.24) is 9.80 Å². The van der Waals surface area contributed by atoms with Gasteiger partial charge in [-0.1, -0.05) is 0 Å². The summed E-state index contributed by atoms with van der Waals surface area (Å²) in [6.07, 6.45) is 1.60. The quantitative estimate of drug-likeness (QED) is 0.473. The Balaban J connectivity index is 2.27. The Bertz CT molecular complexity index is 605. The number of methoxy groups -OCH3 is 1. The van der Waals surface area contributed by atoms with Gasteiger partial charge in [0.1, 0.15) is 23.8 Å². The van der Waals surface area contributed by atoms with Crippen molar-refractivity contribution in [2.24, 2.45) is 0 Å². The average molecular weight is 294 g/mol. The third-order valence-corrected chi connectivity index (χ3v) is 3.39. The highest BCUT2D eigenvalue weighted by Gasteiger charge is 2.37. The second kappa shape index (κ2) is 5.46. The van der Waals surface area contributed by atoms with Crippen LogP contribution in [-0.4, -0.2) is 47.5 Å². The standard InChI is InChI=1S/C13H14N2O4S/c1-8-4-5-9(19-8)6-10-12(17)15(7-11(16)18-3)13(20)14(10)2/h4-6H,7H2,1-3H3/b10-6-. The van der Waals surface area contributed by atoms with E-state index in [1.165, 1.54) is 12.0 Å². The molecule has 0 atom stereocenters. The lowest BCUT2D eigenvalue weighted by molar-refractivity contribution is -0.143. The predicted molar refractivity (Wildman–Crippen MR) is 75.5 cm³/mol. The van der Waals surface area contributed by atoms with Crippen molar-refractivity contribution in [2.45, 2.75) is 6.92 Å². The van der Waals surface area contributed by atoms with E-state index < -0.39 is 5.97 Å². The molecule has 106 valence electrons. The van der Waals surface area contributed by atoms with Gasteiger partial charge in [0.2, 0.25) is 0 Å². The molecule has 0 aromatic carbocycles. The van der Waals surface area contributed by atoms with Crippen molar-refractivity contribution >= 4 is 35.3 Å². The van der Waals surface area contributed by atoms with Crippen LogP contribution in [0.4, 0.5) is 0 Å². The van der Waals surface area contributed by atoms with Crippen molar-refractivity contribution in [3.05, 3.63) is 29.4 Å². The highest BCUT2D eigenvalue weighted by Crippen LogP contribution is 2.22. The molecule has 2 rings (SSSR count). The van der Waals surface area contributed by atoms with Crippen LogP contribution in [-0.2, 0) is 14.3 Å². The van der Waals surface area contributed by atoms with Gasteiger partial charge in [-0.05, 0) is 31.3 Å². The van der Waals surface area contributed by atoms with Crippen molar-refractivity contribution in [3.8, 4) is 0 Å². The zero-order valence-corrected chi connectivity index (χ0v) is 12.2. The fraction of sp³-hybridized carbons (Fsp3) is 0.308. The molecule has 2 heterocycles. The summed E-state index contributed by atoms with van der Waals surface area (Å²) >= 11 is 5.16. The van der Waals surface area contributed by atoms with E-state index in [0.717, 1.165) is 5.76 Å². The molecule has 0 spiro atoms. The first kappa shape index (κ1) is 14.3. The topological polar surface area (TPSA) is 63.0 Å². The van der Waals surface area contributed by atoms with E-state index in [1.54, 1.807) is 30.2 Å². The number of thiocarbonyl (C=S) groups is 1. The van der Waals surface area contributed by atoms with Crippen LogP contribution in [0.5, 0.6) is 0 Å². The van der Waals surface area contributed by atoms with Gasteiger partial charge in [0.25, 0.3) is 5.91 Å². The molecule has 1 saturated heterocycles. The van der Waals surface area contributed by atoms with Crippen molar-refractivity contribution < 1.29 is 18.7 Å². The van der Waals surface area contributed by atoms with E-state index in [2.05, 4.69) is 4.74 Å². The smallest absolute Gasteiger partial charge is 0.325 e. The number of hydrogen-bond donors (Lipinski definition) is 0. The number of amides is 1. The summed E-state index contributed by atoms with van der Waals surface area (Å²) in [7, 11) is 2.93. The number of aryl methyl sites for hydroxylation is 1. The number of carbonyl (C=O) groups excluding carboxylic acids is 2. The molecule has 0 aliphatic carbocycles. The Hall–Kier alpha value is -2.15. The van der Waals surface area contributed by atoms with Crippen molar-refractivity contribution in [2.75, 3.05) is 20.7 Å². The third-order valence-electron chi connectivity index (χ3n) is 2.90. The number of hydrogen-bond acceptors (Lipinski definition) is 5. The van der Waals surface area contributed by atoms with E-state index in [9.17, 15) is 9.59 Å². The number of likely N-dealkylation sites (N-methyl/N-ethyl adjacent to an activating group) is 1. The first-order valence-corrected chi connectivity index (χ1v) is 6.29. The molecule has 1 fully saturated rings. The molecule has 1 aliphatic heterocycles. The maximum atomic E-state index is 12.3. The van der Waals surface area contributed by atoms with Gasteiger partial charge in [0.15, 0.2) is 5.11 Å². The van der Waals surface area contributed by atoms with Crippen LogP contribution >= 0.6 is 12.2 Å². The van der Waals surface area contributed by atoms with Gasteiger partial charge < -0.3 is 14.1 Å². The fourth-order valence-corrected chi connectivity index (χ4v) is 2.06. The van der Waals surface area contributed by atoms with Crippen LogP contribution in [0.25, 0.3) is 6.08 Å². The molecule has 1 amide bonds. The van der Waals surface area contributed by atoms with Gasteiger partial charge >= 0.3 is 5.97 Å². The van der Waals surface area contributed by atoms with Gasteiger partial charge in [0, 0.05) is 13.1 Å². The maximum absolute atomic E-state index is 12.3. The number of esters is 1. The van der Waals surface area contributed by atoms with Gasteiger partial charge in [-0.2, -0.15) is 0 Å². The minimum absolute atomic E-state index is 0.201. The number of ether oxygens (including phenoxy) is 1. The molecule has 1 aromatic rings. The summed E-state index contributed by atoms with van der Waals surface area (Å²) in [5.41, 5.74) is 0.355. The predicted octanol–water partition coefficient (Wildman–Crippen LogP) is 1.16. The van der Waals surface area contributed by atoms with Crippen LogP contribution in [0.1, 0.15) is 11.5 Å². The van der Waals surface area contributed by atoms with E-state index in [4.69, 9.17) is 16.6 Å². The Kier molecular flexibility index (Phi) is 3.89. The lowest BCUT2D eigenvalue weighted by Crippen LogP contribution is -2.36. The summed E-state index contributed by atoms with van der Waals surface area (Å²) in [5.74, 6) is 0.431. The summed E-state index contributed by atoms with van der Waals surface area (Å²) < 4.78 is 9.96. The molecule has 0 unspecified atom stereocenters. The van der Waals surface area contributed by atoms with Crippen molar-refractivity contribution in [3.63, 3.8) is 0 Å². The van der Waals surface area contributed by atoms with Gasteiger partial charge in [-0.15, -0.1) is 0 Å². The lowest BCUT2D eigenvalue weighted by atomic mass is 10.3. The Morgan fingerprint density at radius 2 is 2.20 bits per heavy atom. The van der Waals surface area contributed by atoms with Crippen LogP contribution in [0.2, 0.25) is 0 Å². The van der Waals surface area contributed by atoms with E-state index >= 15 is 0 Å². The summed E-state index contributed by atoms with van der Waals surface area (Å²) in [4.78, 5) is 26.3. The molecule has 1 aromatic heterocycles. The third kappa shape index (κ3) is 2.57. The van der Waals surface area contributed by atoms with Crippen LogP contribution < -0.4 is 0 Å². The highest BCUT2D eigenvalue weighted by atomic mass is 32.1. The van der Waals surface area contributed by atoms with E-state index in [1.807, 2.05) is 6.92 Å². The molecule has 0 saturated carbocycles. The Morgan fingerprint density at radius 1 is 1.50 bits per heavy atom. The minimum Gasteiger partial charge on any atom is -0.468 e. The van der Waals surface area contributed by atoms with Gasteiger partial charge in [-0.25, -0.2) is 0 Å². The molecular formula is C13H14N2O4S. The van der Waals surface area contributed by atoms with Crippen LogP contribution in [0, 0.1) is 6.92 Å². The molecule has 0 bridgehead atoms. The fourth-order valence-electron chi connectivity index (χ4n) is 1.81. The van der Waals surface area contributed by atoms with E-state index in [0.29, 0.717) is 11.5 Å². The van der Waals surface area contributed by atoms with Crippen molar-refractivity contribution in [1.29, 1.82) is 0 Å². The number of nitrogens with zero attached hydrogens (tertiary/aromatic N) is 2. The number of furan rings is 1. The molecule has 0 radical (unpaired) electrons. The second-order valence-electron chi connectivity index (χ2n) is 4.29. The first-order valence-electron chi connectivity index (χ1n) is 5.88. The minimum atomic E-state index is -0.524. The number of rotatable bonds is 3. The molecule has 0 N–H and O–H groups in total.